The molecule has 1 aromatic heterocycles. The van der Waals surface area contributed by atoms with Crippen LogP contribution in [0.3, 0.4) is 0 Å². The van der Waals surface area contributed by atoms with Crippen molar-refractivity contribution in [3.8, 4) is 5.88 Å². The standard InChI is InChI=1S/C15H22IN5O4/c1-24-13-11(16)12(17-10-3-2-4-21(9-10)15(22)23)18-14(19-13)20-5-7-25-8-6-20/h10H,2-9H2,1H3,(H,22,23)(H,17,18,19)/t10-/m1/s1. The predicted molar refractivity (Wildman–Crippen MR) is 101 cm³/mol. The number of carbonyl (C=O) groups is 1. The number of hydrogen-bond acceptors (Lipinski definition) is 7. The molecule has 2 saturated heterocycles. The molecule has 0 saturated carbocycles. The van der Waals surface area contributed by atoms with E-state index in [1.54, 1.807) is 7.11 Å². The van der Waals surface area contributed by atoms with Crippen LogP contribution >= 0.6 is 22.6 Å². The first kappa shape index (κ1) is 18.2. The second kappa shape index (κ2) is 8.21. The predicted octanol–water partition coefficient (Wildman–Crippen LogP) is 1.48. The molecule has 1 atom stereocenters. The molecule has 138 valence electrons. The average molecular weight is 463 g/mol. The molecule has 0 unspecified atom stereocenters. The molecule has 2 aliphatic rings. The van der Waals surface area contributed by atoms with E-state index in [-0.39, 0.29) is 6.04 Å². The SMILES string of the molecule is COc1nc(N2CCOCC2)nc(N[C@@H]2CCCN(C(=O)O)C2)c1I. The maximum Gasteiger partial charge on any atom is 0.407 e. The minimum atomic E-state index is -0.879. The summed E-state index contributed by atoms with van der Waals surface area (Å²) in [6.07, 6.45) is 0.855. The van der Waals surface area contributed by atoms with E-state index in [0.29, 0.717) is 43.9 Å². The first-order valence-electron chi connectivity index (χ1n) is 8.27. The third-order valence-corrected chi connectivity index (χ3v) is 5.30. The zero-order chi connectivity index (χ0) is 17.8. The first-order chi connectivity index (χ1) is 12.1. The Morgan fingerprint density at radius 3 is 2.80 bits per heavy atom. The number of nitrogens with zero attached hydrogens (tertiary/aromatic N) is 4. The molecule has 0 aliphatic carbocycles. The fraction of sp³-hybridized carbons (Fsp3) is 0.667. The fourth-order valence-corrected chi connectivity index (χ4v) is 3.63. The molecule has 2 fully saturated rings. The van der Waals surface area contributed by atoms with E-state index in [1.165, 1.54) is 4.90 Å². The maximum absolute atomic E-state index is 11.2. The van der Waals surface area contributed by atoms with E-state index in [1.807, 2.05) is 0 Å². The van der Waals surface area contributed by atoms with Crippen molar-refractivity contribution in [2.45, 2.75) is 18.9 Å². The lowest BCUT2D eigenvalue weighted by molar-refractivity contribution is 0.122. The summed E-state index contributed by atoms with van der Waals surface area (Å²) in [4.78, 5) is 23.9. The molecule has 2 aliphatic heterocycles. The summed E-state index contributed by atoms with van der Waals surface area (Å²) in [5, 5.41) is 12.6. The topological polar surface area (TPSA) is 100 Å². The first-order valence-corrected chi connectivity index (χ1v) is 9.35. The molecule has 10 heteroatoms. The zero-order valence-electron chi connectivity index (χ0n) is 14.1. The van der Waals surface area contributed by atoms with Crippen molar-refractivity contribution in [1.82, 2.24) is 14.9 Å². The number of methoxy groups -OCH3 is 1. The van der Waals surface area contributed by atoms with Gasteiger partial charge in [-0.3, -0.25) is 0 Å². The number of likely N-dealkylation sites (tertiary alicyclic amines) is 1. The number of hydrogen-bond donors (Lipinski definition) is 2. The summed E-state index contributed by atoms with van der Waals surface area (Å²) in [5.41, 5.74) is 0. The Bertz CT molecular complexity index is 626. The molecule has 9 nitrogen and oxygen atoms in total. The van der Waals surface area contributed by atoms with Crippen LogP contribution in [0.5, 0.6) is 5.88 Å². The molecule has 0 radical (unpaired) electrons. The number of ether oxygens (including phenoxy) is 2. The van der Waals surface area contributed by atoms with Gasteiger partial charge in [0.1, 0.15) is 9.39 Å². The van der Waals surface area contributed by atoms with Gasteiger partial charge in [-0.25, -0.2) is 4.79 Å². The smallest absolute Gasteiger partial charge is 0.407 e. The largest absolute Gasteiger partial charge is 0.480 e. The van der Waals surface area contributed by atoms with Crippen molar-refractivity contribution >= 4 is 40.5 Å². The summed E-state index contributed by atoms with van der Waals surface area (Å²) < 4.78 is 11.6. The third-order valence-electron chi connectivity index (χ3n) is 4.33. The molecular weight excluding hydrogens is 441 g/mol. The van der Waals surface area contributed by atoms with Crippen LogP contribution in [0.4, 0.5) is 16.6 Å². The zero-order valence-corrected chi connectivity index (χ0v) is 16.2. The Balaban J connectivity index is 1.80. The lowest BCUT2D eigenvalue weighted by atomic mass is 10.1. The molecule has 2 N–H and O–H groups in total. The van der Waals surface area contributed by atoms with Crippen molar-refractivity contribution in [3.63, 3.8) is 0 Å². The van der Waals surface area contributed by atoms with E-state index in [0.717, 1.165) is 29.5 Å². The summed E-state index contributed by atoms with van der Waals surface area (Å²) >= 11 is 2.16. The molecular formula is C15H22IN5O4. The van der Waals surface area contributed by atoms with Gasteiger partial charge in [0.2, 0.25) is 11.8 Å². The Morgan fingerprint density at radius 1 is 1.36 bits per heavy atom. The number of rotatable bonds is 4. The van der Waals surface area contributed by atoms with Gasteiger partial charge >= 0.3 is 6.09 Å². The quantitative estimate of drug-likeness (QED) is 0.649. The minimum absolute atomic E-state index is 0.0236. The molecule has 1 amide bonds. The van der Waals surface area contributed by atoms with Gasteiger partial charge in [0.05, 0.1) is 20.3 Å². The minimum Gasteiger partial charge on any atom is -0.480 e. The number of anilines is 2. The monoisotopic (exact) mass is 463 g/mol. The number of morpholine rings is 1. The summed E-state index contributed by atoms with van der Waals surface area (Å²) in [6.45, 7) is 3.80. The number of halogens is 1. The van der Waals surface area contributed by atoms with E-state index in [9.17, 15) is 9.90 Å². The van der Waals surface area contributed by atoms with Crippen LogP contribution in [0.2, 0.25) is 0 Å². The van der Waals surface area contributed by atoms with E-state index in [2.05, 4.69) is 42.8 Å². The second-order valence-electron chi connectivity index (χ2n) is 6.01. The number of aromatic nitrogens is 2. The van der Waals surface area contributed by atoms with Crippen LogP contribution in [0.1, 0.15) is 12.8 Å². The summed E-state index contributed by atoms with van der Waals surface area (Å²) in [5.74, 6) is 1.81. The third kappa shape index (κ3) is 4.35. The average Bonchev–Trinajstić information content (AvgIpc) is 2.64. The highest BCUT2D eigenvalue weighted by molar-refractivity contribution is 14.1. The maximum atomic E-state index is 11.2. The Hall–Kier alpha value is -1.56. The molecule has 25 heavy (non-hydrogen) atoms. The molecule has 0 aromatic carbocycles. The van der Waals surface area contributed by atoms with Crippen molar-refractivity contribution in [2.75, 3.05) is 56.7 Å². The van der Waals surface area contributed by atoms with Gasteiger partial charge < -0.3 is 29.7 Å². The number of carboxylic acid groups (broad SMARTS) is 1. The fourth-order valence-electron chi connectivity index (χ4n) is 3.01. The lowest BCUT2D eigenvalue weighted by Gasteiger charge is -2.32. The van der Waals surface area contributed by atoms with Crippen LogP contribution in [0, 0.1) is 3.57 Å². The number of piperidine rings is 1. The molecule has 1 aromatic rings. The summed E-state index contributed by atoms with van der Waals surface area (Å²) in [6, 6.07) is 0.0236. The second-order valence-corrected chi connectivity index (χ2v) is 7.09. The van der Waals surface area contributed by atoms with Gasteiger partial charge in [-0.05, 0) is 35.4 Å². The van der Waals surface area contributed by atoms with Gasteiger partial charge in [0.25, 0.3) is 0 Å². The highest BCUT2D eigenvalue weighted by Crippen LogP contribution is 2.29. The van der Waals surface area contributed by atoms with Crippen LogP contribution in [-0.2, 0) is 4.74 Å². The highest BCUT2D eigenvalue weighted by Gasteiger charge is 2.26. The molecule has 0 bridgehead atoms. The molecule has 3 rings (SSSR count). The number of nitrogens with one attached hydrogen (secondary N) is 1. The Labute approximate surface area is 159 Å². The van der Waals surface area contributed by atoms with Crippen LogP contribution in [0.15, 0.2) is 0 Å². The normalized spacial score (nSPS) is 21.1. The van der Waals surface area contributed by atoms with Crippen molar-refractivity contribution in [1.29, 1.82) is 0 Å². The van der Waals surface area contributed by atoms with Crippen LogP contribution in [-0.4, -0.2) is 78.6 Å². The van der Waals surface area contributed by atoms with Gasteiger partial charge in [-0.2, -0.15) is 9.97 Å². The van der Waals surface area contributed by atoms with Crippen molar-refractivity contribution in [3.05, 3.63) is 3.57 Å². The van der Waals surface area contributed by atoms with Crippen molar-refractivity contribution in [2.24, 2.45) is 0 Å². The summed E-state index contributed by atoms with van der Waals surface area (Å²) in [7, 11) is 1.59. The van der Waals surface area contributed by atoms with E-state index < -0.39 is 6.09 Å². The lowest BCUT2D eigenvalue weighted by Crippen LogP contribution is -2.44. The van der Waals surface area contributed by atoms with Crippen molar-refractivity contribution < 1.29 is 19.4 Å². The van der Waals surface area contributed by atoms with Crippen LogP contribution in [0.25, 0.3) is 0 Å². The molecule has 0 spiro atoms. The van der Waals surface area contributed by atoms with Gasteiger partial charge in [-0.15, -0.1) is 0 Å². The Morgan fingerprint density at radius 2 is 2.12 bits per heavy atom. The number of amides is 1. The van der Waals surface area contributed by atoms with Crippen LogP contribution < -0.4 is 15.0 Å². The van der Waals surface area contributed by atoms with Gasteiger partial charge in [-0.1, -0.05) is 0 Å². The molecule has 3 heterocycles. The van der Waals surface area contributed by atoms with E-state index in [4.69, 9.17) is 9.47 Å². The van der Waals surface area contributed by atoms with Gasteiger partial charge in [0.15, 0.2) is 0 Å². The van der Waals surface area contributed by atoms with Gasteiger partial charge in [0, 0.05) is 32.2 Å². The van der Waals surface area contributed by atoms with E-state index >= 15 is 0 Å². The Kier molecular flexibility index (Phi) is 5.99. The highest BCUT2D eigenvalue weighted by atomic mass is 127.